The fourth-order valence-corrected chi connectivity index (χ4v) is 2.48. The third-order valence-corrected chi connectivity index (χ3v) is 3.81. The van der Waals surface area contributed by atoms with Gasteiger partial charge in [0.1, 0.15) is 17.4 Å². The third kappa shape index (κ3) is 3.32. The highest BCUT2D eigenvalue weighted by Crippen LogP contribution is 2.40. The number of ketones is 1. The molecule has 128 valence electrons. The van der Waals surface area contributed by atoms with Crippen molar-refractivity contribution in [2.24, 2.45) is 0 Å². The minimum Gasteiger partial charge on any atom is -0.439 e. The Morgan fingerprint density at radius 2 is 2.00 bits per heavy atom. The molecule has 1 heterocycles. The molecule has 0 saturated carbocycles. The zero-order valence-corrected chi connectivity index (χ0v) is 13.9. The summed E-state index contributed by atoms with van der Waals surface area (Å²) in [7, 11) is 1.77. The average Bonchev–Trinajstić information content (AvgIpc) is 2.99. The van der Waals surface area contributed by atoms with E-state index in [9.17, 15) is 14.9 Å². The molecule has 0 fully saturated rings. The lowest BCUT2D eigenvalue weighted by molar-refractivity contribution is -0.120. The van der Waals surface area contributed by atoms with Crippen LogP contribution in [-0.4, -0.2) is 19.3 Å². The topological polar surface area (TPSA) is 79.6 Å². The minimum atomic E-state index is -0.357. The first-order chi connectivity index (χ1) is 12.6. The van der Waals surface area contributed by atoms with Crippen LogP contribution in [0.4, 0.5) is 5.69 Å². The summed E-state index contributed by atoms with van der Waals surface area (Å²) in [6, 6.07) is 15.5. The van der Waals surface area contributed by atoms with Gasteiger partial charge in [0.25, 0.3) is 6.47 Å². The van der Waals surface area contributed by atoms with Crippen LogP contribution < -0.4 is 14.4 Å². The second-order valence-corrected chi connectivity index (χ2v) is 5.40. The number of rotatable bonds is 5. The Kier molecular flexibility index (Phi) is 4.81. The molecule has 0 atom stereocenters. The highest BCUT2D eigenvalue weighted by Gasteiger charge is 2.23. The molecule has 26 heavy (non-hydrogen) atoms. The standard InChI is InChI=1S/C20H14N2O4/c1-22-17-11-16(25-13-23)8-9-18(17)26-19(22)10-7-15(12-21)20(24)14-5-3-2-4-6-14/h2-11,13H,1H3. The fourth-order valence-electron chi connectivity index (χ4n) is 2.48. The third-order valence-electron chi connectivity index (χ3n) is 3.81. The smallest absolute Gasteiger partial charge is 0.298 e. The van der Waals surface area contributed by atoms with Crippen LogP contribution >= 0.6 is 0 Å². The Morgan fingerprint density at radius 1 is 1.23 bits per heavy atom. The van der Waals surface area contributed by atoms with Crippen LogP contribution in [0.25, 0.3) is 0 Å². The van der Waals surface area contributed by atoms with Gasteiger partial charge in [-0.3, -0.25) is 9.59 Å². The summed E-state index contributed by atoms with van der Waals surface area (Å²) < 4.78 is 10.5. The van der Waals surface area contributed by atoms with Crippen LogP contribution in [0.3, 0.4) is 0 Å². The van der Waals surface area contributed by atoms with Crippen molar-refractivity contribution in [3.63, 3.8) is 0 Å². The Bertz CT molecular complexity index is 956. The van der Waals surface area contributed by atoms with Gasteiger partial charge in [-0.1, -0.05) is 30.3 Å². The molecule has 6 nitrogen and oxygen atoms in total. The van der Waals surface area contributed by atoms with E-state index in [0.717, 1.165) is 0 Å². The van der Waals surface area contributed by atoms with Crippen LogP contribution in [0.5, 0.6) is 11.5 Å². The van der Waals surface area contributed by atoms with Crippen molar-refractivity contribution < 1.29 is 19.1 Å². The van der Waals surface area contributed by atoms with E-state index >= 15 is 0 Å². The van der Waals surface area contributed by atoms with Crippen LogP contribution in [0.2, 0.25) is 0 Å². The fraction of sp³-hybridized carbons (Fsp3) is 0.0500. The van der Waals surface area contributed by atoms with E-state index in [4.69, 9.17) is 9.47 Å². The Morgan fingerprint density at radius 3 is 2.69 bits per heavy atom. The van der Waals surface area contributed by atoms with Crippen molar-refractivity contribution >= 4 is 17.9 Å². The second kappa shape index (κ2) is 7.36. The lowest BCUT2D eigenvalue weighted by atomic mass is 10.0. The number of carbonyl (C=O) groups excluding carboxylic acids is 2. The molecule has 2 aromatic carbocycles. The predicted octanol–water partition coefficient (Wildman–Crippen LogP) is 3.22. The number of hydrogen-bond acceptors (Lipinski definition) is 6. The summed E-state index contributed by atoms with van der Waals surface area (Å²) in [5, 5.41) is 9.29. The van der Waals surface area contributed by atoms with Crippen molar-refractivity contribution in [2.45, 2.75) is 0 Å². The highest BCUT2D eigenvalue weighted by atomic mass is 16.5. The number of nitrogens with zero attached hydrogens (tertiary/aromatic N) is 2. The van der Waals surface area contributed by atoms with Gasteiger partial charge in [0.2, 0.25) is 5.78 Å². The Labute approximate surface area is 150 Å². The number of anilines is 1. The first kappa shape index (κ1) is 17.0. The van der Waals surface area contributed by atoms with Gasteiger partial charge in [0.15, 0.2) is 11.6 Å². The summed E-state index contributed by atoms with van der Waals surface area (Å²) in [5.41, 5.74) is 1.15. The van der Waals surface area contributed by atoms with E-state index in [1.165, 1.54) is 6.08 Å². The van der Waals surface area contributed by atoms with E-state index in [0.29, 0.717) is 35.1 Å². The minimum absolute atomic E-state index is 0.00151. The van der Waals surface area contributed by atoms with Gasteiger partial charge in [0.05, 0.1) is 5.69 Å². The van der Waals surface area contributed by atoms with Crippen LogP contribution in [0.15, 0.2) is 72.1 Å². The van der Waals surface area contributed by atoms with Gasteiger partial charge < -0.3 is 14.4 Å². The molecule has 1 aliphatic heterocycles. The zero-order valence-electron chi connectivity index (χ0n) is 13.9. The maximum atomic E-state index is 12.4. The molecule has 6 heteroatoms. The average molecular weight is 346 g/mol. The number of Topliss-reactive ketones (excluding diaryl/α,β-unsaturated/α-hetero) is 1. The molecule has 0 saturated heterocycles. The first-order valence-corrected chi connectivity index (χ1v) is 7.72. The van der Waals surface area contributed by atoms with E-state index in [-0.39, 0.29) is 11.4 Å². The predicted molar refractivity (Wildman–Crippen MR) is 94.7 cm³/mol. The van der Waals surface area contributed by atoms with Crippen molar-refractivity contribution in [3.05, 3.63) is 77.7 Å². The van der Waals surface area contributed by atoms with Gasteiger partial charge in [-0.15, -0.1) is 0 Å². The van der Waals surface area contributed by atoms with Gasteiger partial charge >= 0.3 is 0 Å². The number of fused-ring (bicyclic) bond motifs is 1. The summed E-state index contributed by atoms with van der Waals surface area (Å²) >= 11 is 0. The molecule has 0 bridgehead atoms. The number of nitriles is 1. The number of benzene rings is 2. The van der Waals surface area contributed by atoms with Crippen LogP contribution in [0.1, 0.15) is 10.4 Å². The maximum Gasteiger partial charge on any atom is 0.298 e. The van der Waals surface area contributed by atoms with E-state index in [1.54, 1.807) is 66.6 Å². The van der Waals surface area contributed by atoms with Crippen molar-refractivity contribution in [2.75, 3.05) is 11.9 Å². The van der Waals surface area contributed by atoms with E-state index in [2.05, 4.69) is 0 Å². The van der Waals surface area contributed by atoms with Gasteiger partial charge in [-0.2, -0.15) is 5.26 Å². The molecular weight excluding hydrogens is 332 g/mol. The number of ether oxygens (including phenoxy) is 2. The van der Waals surface area contributed by atoms with Gasteiger partial charge in [-0.05, 0) is 18.2 Å². The lowest BCUT2D eigenvalue weighted by Gasteiger charge is -2.10. The summed E-state index contributed by atoms with van der Waals surface area (Å²) in [5.74, 6) is 1.06. The largest absolute Gasteiger partial charge is 0.439 e. The number of carbonyl (C=O) groups is 2. The number of hydrogen-bond donors (Lipinski definition) is 0. The quantitative estimate of drug-likeness (QED) is 0.358. The second-order valence-electron chi connectivity index (χ2n) is 5.40. The molecule has 0 N–H and O–H groups in total. The molecule has 2 aromatic rings. The van der Waals surface area contributed by atoms with Crippen LogP contribution in [0, 0.1) is 11.3 Å². The molecule has 0 aliphatic carbocycles. The number of allylic oxidation sites excluding steroid dienone is 3. The van der Waals surface area contributed by atoms with Crippen molar-refractivity contribution in [1.29, 1.82) is 5.26 Å². The monoisotopic (exact) mass is 346 g/mol. The molecule has 1 aliphatic rings. The highest BCUT2D eigenvalue weighted by molar-refractivity contribution is 6.11. The molecule has 0 aromatic heterocycles. The first-order valence-electron chi connectivity index (χ1n) is 7.72. The molecular formula is C20H14N2O4. The summed E-state index contributed by atoms with van der Waals surface area (Å²) in [6.07, 6.45) is 2.98. The van der Waals surface area contributed by atoms with Crippen molar-refractivity contribution in [3.8, 4) is 17.6 Å². The lowest BCUT2D eigenvalue weighted by Crippen LogP contribution is -2.13. The Hall–Kier alpha value is -3.85. The van der Waals surface area contributed by atoms with Gasteiger partial charge in [0, 0.05) is 24.8 Å². The van der Waals surface area contributed by atoms with Crippen molar-refractivity contribution in [1.82, 2.24) is 0 Å². The SMILES string of the molecule is CN1C(=CC=C(C#N)C(=O)c2ccccc2)Oc2ccc(OC=O)cc21. The van der Waals surface area contributed by atoms with E-state index in [1.807, 2.05) is 6.07 Å². The van der Waals surface area contributed by atoms with Gasteiger partial charge in [-0.25, -0.2) is 0 Å². The zero-order chi connectivity index (χ0) is 18.5. The summed E-state index contributed by atoms with van der Waals surface area (Å²) in [4.78, 5) is 24.6. The Balaban J connectivity index is 1.85. The maximum absolute atomic E-state index is 12.4. The van der Waals surface area contributed by atoms with E-state index < -0.39 is 0 Å². The molecule has 0 unspecified atom stereocenters. The van der Waals surface area contributed by atoms with Crippen LogP contribution in [-0.2, 0) is 4.79 Å². The molecule has 0 amide bonds. The molecule has 3 rings (SSSR count). The molecule has 0 spiro atoms. The molecule has 0 radical (unpaired) electrons. The summed E-state index contributed by atoms with van der Waals surface area (Å²) in [6.45, 7) is 0.353. The normalized spacial score (nSPS) is 14.4.